The summed E-state index contributed by atoms with van der Waals surface area (Å²) in [6, 6.07) is 16.3. The van der Waals surface area contributed by atoms with Crippen molar-refractivity contribution in [2.75, 3.05) is 13.2 Å². The first kappa shape index (κ1) is 45.5. The summed E-state index contributed by atoms with van der Waals surface area (Å²) >= 11 is 0. The molecule has 2 aliphatic rings. The van der Waals surface area contributed by atoms with Gasteiger partial charge in [0.05, 0.1) is 13.2 Å². The van der Waals surface area contributed by atoms with E-state index in [0.717, 1.165) is 42.0 Å². The van der Waals surface area contributed by atoms with Crippen LogP contribution in [-0.4, -0.2) is 29.5 Å². The average molecular weight is 709 g/mol. The Morgan fingerprint density at radius 3 is 1.24 bits per heavy atom. The number of nitrogens with zero attached hydrogens (tertiary/aromatic N) is 2. The summed E-state index contributed by atoms with van der Waals surface area (Å²) < 4.78 is 48.1. The van der Waals surface area contributed by atoms with E-state index in [4.69, 9.17) is 9.47 Å². The predicted octanol–water partition coefficient (Wildman–Crippen LogP) is 12.3. The number of hydrogen-bond donors (Lipinski definition) is 0. The van der Waals surface area contributed by atoms with Crippen LogP contribution >= 0.6 is 0 Å². The van der Waals surface area contributed by atoms with Crippen LogP contribution in [0.1, 0.15) is 98.1 Å². The molecule has 1 saturated carbocycles. The molecule has 51 heavy (non-hydrogen) atoms. The van der Waals surface area contributed by atoms with E-state index >= 15 is 0 Å². The second-order valence-electron chi connectivity index (χ2n) is 14.3. The molecule has 2 heterocycles. The van der Waals surface area contributed by atoms with Crippen molar-refractivity contribution in [3.05, 3.63) is 129 Å². The third-order valence-electron chi connectivity index (χ3n) is 8.42. The Balaban J connectivity index is 0.000000307. The lowest BCUT2D eigenvalue weighted by Crippen LogP contribution is -2.27. The molecule has 0 bridgehead atoms. The van der Waals surface area contributed by atoms with Crippen LogP contribution < -0.4 is 0 Å². The van der Waals surface area contributed by atoms with Crippen molar-refractivity contribution in [2.45, 2.75) is 115 Å². The average Bonchev–Trinajstić information content (AvgIpc) is 3.09. The van der Waals surface area contributed by atoms with Crippen LogP contribution in [0.4, 0.5) is 13.2 Å². The lowest BCUT2D eigenvalue weighted by molar-refractivity contribution is -0.187. The molecule has 1 aliphatic carbocycles. The van der Waals surface area contributed by atoms with E-state index in [1.165, 1.54) is 61.9 Å². The zero-order valence-corrected chi connectivity index (χ0v) is 33.2. The standard InChI is InChI=1S/C8H8F2.C8H9F.C8H16.C8H10.C6H8N2.C6H12O2/c1-5-3-7(9)6(2)8(10)4-5;1-6-3-4-7(2)8(9)5-6;2*1-7-3-5-8(2)6-4-7;2*1-5-3-7-6(2)8-4-5/h3-4H,1-2H3;3-5H,1-2H3;7-8H,3-6H2,1-2H3;3-6H,1-2H3;3-4H,1-2H3;5-6H,3-4H2,1-2H3. The molecule has 3 aromatic carbocycles. The summed E-state index contributed by atoms with van der Waals surface area (Å²) in [4.78, 5) is 7.94. The highest BCUT2D eigenvalue weighted by atomic mass is 19.1. The summed E-state index contributed by atoms with van der Waals surface area (Å²) in [6.45, 7) is 25.2. The first-order chi connectivity index (χ1) is 24.0. The van der Waals surface area contributed by atoms with Gasteiger partial charge in [0.1, 0.15) is 23.3 Å². The van der Waals surface area contributed by atoms with Crippen LogP contribution in [0.5, 0.6) is 0 Å². The van der Waals surface area contributed by atoms with Crippen molar-refractivity contribution in [1.82, 2.24) is 9.97 Å². The summed E-state index contributed by atoms with van der Waals surface area (Å²) in [5, 5.41) is 0. The fourth-order valence-corrected chi connectivity index (χ4v) is 4.69. The van der Waals surface area contributed by atoms with Crippen molar-refractivity contribution in [2.24, 2.45) is 17.8 Å². The molecule has 0 amide bonds. The van der Waals surface area contributed by atoms with Crippen LogP contribution in [-0.2, 0) is 9.47 Å². The topological polar surface area (TPSA) is 44.2 Å². The number of hydrogen-bond acceptors (Lipinski definition) is 4. The Labute approximate surface area is 307 Å². The van der Waals surface area contributed by atoms with Gasteiger partial charge >= 0.3 is 0 Å². The van der Waals surface area contributed by atoms with Crippen molar-refractivity contribution >= 4 is 0 Å². The van der Waals surface area contributed by atoms with E-state index < -0.39 is 11.6 Å². The van der Waals surface area contributed by atoms with Gasteiger partial charge in [-0.3, -0.25) is 0 Å². The molecule has 1 aromatic heterocycles. The van der Waals surface area contributed by atoms with Crippen LogP contribution in [0, 0.1) is 90.6 Å². The number of benzene rings is 3. The molecule has 4 aromatic rings. The van der Waals surface area contributed by atoms with E-state index in [1.807, 2.05) is 46.2 Å². The lowest BCUT2D eigenvalue weighted by Gasteiger charge is -2.24. The van der Waals surface area contributed by atoms with Gasteiger partial charge in [-0.15, -0.1) is 0 Å². The second-order valence-corrected chi connectivity index (χ2v) is 14.3. The summed E-state index contributed by atoms with van der Waals surface area (Å²) in [7, 11) is 0. The molecule has 6 rings (SSSR count). The summed E-state index contributed by atoms with van der Waals surface area (Å²) in [5.41, 5.74) is 6.15. The molecular weight excluding hydrogens is 645 g/mol. The predicted molar refractivity (Wildman–Crippen MR) is 206 cm³/mol. The Kier molecular flexibility index (Phi) is 21.9. The molecule has 0 spiro atoms. The van der Waals surface area contributed by atoms with Crippen LogP contribution in [0.15, 0.2) is 67.0 Å². The molecule has 0 radical (unpaired) electrons. The molecule has 2 fully saturated rings. The molecule has 282 valence electrons. The van der Waals surface area contributed by atoms with Gasteiger partial charge in [-0.2, -0.15) is 0 Å². The summed E-state index contributed by atoms with van der Waals surface area (Å²) in [6.07, 6.45) is 9.53. The Hall–Kier alpha value is -3.55. The van der Waals surface area contributed by atoms with Crippen molar-refractivity contribution in [1.29, 1.82) is 0 Å². The fraction of sp³-hybridized carbons (Fsp3) is 0.500. The molecule has 1 saturated heterocycles. The highest BCUT2D eigenvalue weighted by molar-refractivity contribution is 5.24. The third kappa shape index (κ3) is 21.4. The van der Waals surface area contributed by atoms with Gasteiger partial charge in [0.15, 0.2) is 6.29 Å². The third-order valence-corrected chi connectivity index (χ3v) is 8.42. The smallest absolute Gasteiger partial charge is 0.154 e. The SMILES string of the molecule is CC1CCC(C)CC1.CC1COC(C)OC1.Cc1cc(F)c(C)c(F)c1.Cc1ccc(C)c(F)c1.Cc1ccc(C)cc1.Cc1cnc(C)nc1. The highest BCUT2D eigenvalue weighted by Gasteiger charge is 2.14. The lowest BCUT2D eigenvalue weighted by atomic mass is 9.84. The van der Waals surface area contributed by atoms with Gasteiger partial charge in [0, 0.05) is 23.9 Å². The Bertz CT molecular complexity index is 1360. The Morgan fingerprint density at radius 2 is 0.882 bits per heavy atom. The molecular formula is C44H63F3N2O2. The fourth-order valence-electron chi connectivity index (χ4n) is 4.69. The number of aromatic nitrogens is 2. The number of aryl methyl sites for hydroxylation is 7. The van der Waals surface area contributed by atoms with Gasteiger partial charge in [0.2, 0.25) is 0 Å². The van der Waals surface area contributed by atoms with Gasteiger partial charge in [0.25, 0.3) is 0 Å². The first-order valence-corrected chi connectivity index (χ1v) is 18.1. The normalized spacial score (nSPS) is 19.0. The molecule has 1 aliphatic heterocycles. The van der Waals surface area contributed by atoms with Crippen LogP contribution in [0.25, 0.3) is 0 Å². The molecule has 0 unspecified atom stereocenters. The van der Waals surface area contributed by atoms with Gasteiger partial charge in [-0.05, 0) is 115 Å². The maximum Gasteiger partial charge on any atom is 0.154 e. The highest BCUT2D eigenvalue weighted by Crippen LogP contribution is 2.27. The van der Waals surface area contributed by atoms with E-state index in [0.29, 0.717) is 17.0 Å². The maximum atomic E-state index is 12.6. The second kappa shape index (κ2) is 24.6. The van der Waals surface area contributed by atoms with Crippen molar-refractivity contribution in [3.8, 4) is 0 Å². The minimum atomic E-state index is -0.475. The van der Waals surface area contributed by atoms with Crippen LogP contribution in [0.2, 0.25) is 0 Å². The van der Waals surface area contributed by atoms with Crippen molar-refractivity contribution < 1.29 is 22.6 Å². The number of rotatable bonds is 0. The monoisotopic (exact) mass is 708 g/mol. The van der Waals surface area contributed by atoms with Crippen molar-refractivity contribution in [3.63, 3.8) is 0 Å². The molecule has 4 nitrogen and oxygen atoms in total. The molecule has 0 N–H and O–H groups in total. The van der Waals surface area contributed by atoms with E-state index in [-0.39, 0.29) is 17.7 Å². The van der Waals surface area contributed by atoms with Crippen LogP contribution in [0.3, 0.4) is 0 Å². The van der Waals surface area contributed by atoms with E-state index in [9.17, 15) is 13.2 Å². The zero-order valence-electron chi connectivity index (χ0n) is 33.2. The van der Waals surface area contributed by atoms with E-state index in [1.54, 1.807) is 19.9 Å². The minimum absolute atomic E-state index is 0.0196. The largest absolute Gasteiger partial charge is 0.353 e. The zero-order chi connectivity index (χ0) is 38.5. The maximum absolute atomic E-state index is 12.6. The minimum Gasteiger partial charge on any atom is -0.353 e. The first-order valence-electron chi connectivity index (χ1n) is 18.1. The molecule has 0 atom stereocenters. The Morgan fingerprint density at radius 1 is 0.490 bits per heavy atom. The number of ether oxygens (including phenoxy) is 2. The van der Waals surface area contributed by atoms with Gasteiger partial charge < -0.3 is 9.47 Å². The van der Waals surface area contributed by atoms with Gasteiger partial charge in [-0.1, -0.05) is 94.0 Å². The summed E-state index contributed by atoms with van der Waals surface area (Å²) in [5.74, 6) is 2.38. The number of halogens is 3. The van der Waals surface area contributed by atoms with E-state index in [2.05, 4.69) is 68.9 Å². The van der Waals surface area contributed by atoms with Gasteiger partial charge in [-0.25, -0.2) is 23.1 Å². The molecule has 7 heteroatoms. The quantitative estimate of drug-likeness (QED) is 0.182.